The lowest BCUT2D eigenvalue weighted by atomic mass is 10.3. The number of thiophene rings is 1. The lowest BCUT2D eigenvalue weighted by Crippen LogP contribution is -2.04. The fourth-order valence-corrected chi connectivity index (χ4v) is 2.59. The Bertz CT molecular complexity index is 520. The summed E-state index contributed by atoms with van der Waals surface area (Å²) in [7, 11) is 0. The summed E-state index contributed by atoms with van der Waals surface area (Å²) in [6.45, 7) is 7.27. The third kappa shape index (κ3) is 3.07. The molecule has 0 radical (unpaired) electrons. The van der Waals surface area contributed by atoms with E-state index in [-0.39, 0.29) is 0 Å². The summed E-state index contributed by atoms with van der Waals surface area (Å²) >= 11 is 1.77. The van der Waals surface area contributed by atoms with Crippen LogP contribution in [0.5, 0.6) is 0 Å². The summed E-state index contributed by atoms with van der Waals surface area (Å²) in [5.74, 6) is 1.75. The Labute approximate surface area is 112 Å². The summed E-state index contributed by atoms with van der Waals surface area (Å²) in [5.41, 5.74) is 1.00. The minimum absolute atomic E-state index is 0.832. The summed E-state index contributed by atoms with van der Waals surface area (Å²) in [5, 5.41) is 3.32. The zero-order valence-electron chi connectivity index (χ0n) is 11.2. The van der Waals surface area contributed by atoms with Crippen LogP contribution in [0.3, 0.4) is 0 Å². The highest BCUT2D eigenvalue weighted by Gasteiger charge is 2.07. The largest absolute Gasteiger partial charge is 0.370 e. The van der Waals surface area contributed by atoms with Crippen LogP contribution in [0.15, 0.2) is 18.2 Å². The lowest BCUT2D eigenvalue weighted by Gasteiger charge is -2.06. The van der Waals surface area contributed by atoms with E-state index in [2.05, 4.69) is 41.3 Å². The molecule has 0 unspecified atom stereocenters. The average Bonchev–Trinajstić information content (AvgIpc) is 2.84. The molecule has 2 heterocycles. The molecule has 2 rings (SSSR count). The Balaban J connectivity index is 2.29. The normalized spacial score (nSPS) is 10.6. The Hall–Kier alpha value is -1.42. The van der Waals surface area contributed by atoms with Crippen molar-refractivity contribution in [1.29, 1.82) is 0 Å². The summed E-state index contributed by atoms with van der Waals surface area (Å²) in [6, 6.07) is 6.26. The molecule has 0 amide bonds. The number of nitrogens with one attached hydrogen (secondary N) is 1. The van der Waals surface area contributed by atoms with Crippen molar-refractivity contribution in [2.24, 2.45) is 0 Å². The highest BCUT2D eigenvalue weighted by Crippen LogP contribution is 2.26. The molecule has 0 aromatic carbocycles. The fourth-order valence-electron chi connectivity index (χ4n) is 1.71. The number of nitrogens with zero attached hydrogens (tertiary/aromatic N) is 2. The van der Waals surface area contributed by atoms with Crippen molar-refractivity contribution in [2.75, 3.05) is 11.9 Å². The molecule has 2 aromatic rings. The number of hydrogen-bond donors (Lipinski definition) is 1. The molecule has 96 valence electrons. The molecular weight excluding hydrogens is 242 g/mol. The number of anilines is 1. The minimum Gasteiger partial charge on any atom is -0.370 e. The maximum Gasteiger partial charge on any atom is 0.171 e. The quantitative estimate of drug-likeness (QED) is 0.887. The van der Waals surface area contributed by atoms with E-state index in [9.17, 15) is 0 Å². The maximum absolute atomic E-state index is 4.58. The molecular formula is C14H19N3S. The highest BCUT2D eigenvalue weighted by atomic mass is 32.1. The number of aryl methyl sites for hydroxylation is 2. The Morgan fingerprint density at radius 1 is 1.22 bits per heavy atom. The van der Waals surface area contributed by atoms with Gasteiger partial charge in [0.05, 0.1) is 4.88 Å². The van der Waals surface area contributed by atoms with Crippen molar-refractivity contribution >= 4 is 17.2 Å². The molecule has 3 nitrogen and oxygen atoms in total. The van der Waals surface area contributed by atoms with Crippen LogP contribution in [-0.2, 0) is 6.42 Å². The van der Waals surface area contributed by atoms with Crippen LogP contribution >= 0.6 is 11.3 Å². The summed E-state index contributed by atoms with van der Waals surface area (Å²) < 4.78 is 0. The first-order chi connectivity index (χ1) is 8.72. The van der Waals surface area contributed by atoms with Crippen LogP contribution in [0, 0.1) is 6.92 Å². The van der Waals surface area contributed by atoms with Crippen molar-refractivity contribution in [3.8, 4) is 10.7 Å². The van der Waals surface area contributed by atoms with Crippen LogP contribution < -0.4 is 5.32 Å². The second-order valence-corrected chi connectivity index (χ2v) is 5.43. The number of rotatable bonds is 5. The second kappa shape index (κ2) is 5.96. The Morgan fingerprint density at radius 3 is 2.72 bits per heavy atom. The smallest absolute Gasteiger partial charge is 0.171 e. The van der Waals surface area contributed by atoms with Crippen LogP contribution in [0.25, 0.3) is 10.7 Å². The lowest BCUT2D eigenvalue weighted by molar-refractivity contribution is 0.963. The van der Waals surface area contributed by atoms with Gasteiger partial charge < -0.3 is 5.32 Å². The van der Waals surface area contributed by atoms with E-state index in [1.54, 1.807) is 11.3 Å². The zero-order chi connectivity index (χ0) is 13.0. The van der Waals surface area contributed by atoms with Crippen molar-refractivity contribution < 1.29 is 0 Å². The highest BCUT2D eigenvalue weighted by molar-refractivity contribution is 7.15. The maximum atomic E-state index is 4.58. The van der Waals surface area contributed by atoms with Gasteiger partial charge in [0, 0.05) is 23.2 Å². The molecule has 2 aromatic heterocycles. The Morgan fingerprint density at radius 2 is 2.06 bits per heavy atom. The van der Waals surface area contributed by atoms with Gasteiger partial charge in [-0.15, -0.1) is 11.3 Å². The van der Waals surface area contributed by atoms with E-state index in [1.165, 1.54) is 4.88 Å². The molecule has 0 saturated carbocycles. The van der Waals surface area contributed by atoms with Crippen molar-refractivity contribution in [1.82, 2.24) is 9.97 Å². The predicted octanol–water partition coefficient (Wildman–Crippen LogP) is 3.90. The van der Waals surface area contributed by atoms with Gasteiger partial charge in [-0.05, 0) is 31.9 Å². The molecule has 1 N–H and O–H groups in total. The third-order valence-electron chi connectivity index (χ3n) is 2.64. The van der Waals surface area contributed by atoms with E-state index in [0.717, 1.165) is 41.6 Å². The van der Waals surface area contributed by atoms with E-state index >= 15 is 0 Å². The molecule has 0 aliphatic carbocycles. The molecule has 0 atom stereocenters. The van der Waals surface area contributed by atoms with Gasteiger partial charge in [-0.2, -0.15) is 0 Å². The van der Waals surface area contributed by atoms with Crippen molar-refractivity contribution in [2.45, 2.75) is 33.6 Å². The molecule has 18 heavy (non-hydrogen) atoms. The van der Waals surface area contributed by atoms with Gasteiger partial charge >= 0.3 is 0 Å². The summed E-state index contributed by atoms with van der Waals surface area (Å²) in [6.07, 6.45) is 2.16. The van der Waals surface area contributed by atoms with Crippen molar-refractivity contribution in [3.05, 3.63) is 28.8 Å². The monoisotopic (exact) mass is 261 g/mol. The van der Waals surface area contributed by atoms with Crippen LogP contribution in [0.1, 0.15) is 30.8 Å². The van der Waals surface area contributed by atoms with Gasteiger partial charge in [0.2, 0.25) is 0 Å². The molecule has 0 fully saturated rings. The first-order valence-electron chi connectivity index (χ1n) is 6.41. The summed E-state index contributed by atoms with van der Waals surface area (Å²) in [4.78, 5) is 11.6. The van der Waals surface area contributed by atoms with Crippen molar-refractivity contribution in [3.63, 3.8) is 0 Å². The van der Waals surface area contributed by atoms with Crippen LogP contribution in [0.2, 0.25) is 0 Å². The molecule has 0 aliphatic rings. The molecule has 0 bridgehead atoms. The van der Waals surface area contributed by atoms with E-state index in [1.807, 2.05) is 13.0 Å². The SMILES string of the molecule is CCCNc1cc(C)nc(-c2ccc(CC)s2)n1. The zero-order valence-corrected chi connectivity index (χ0v) is 12.0. The van der Waals surface area contributed by atoms with E-state index in [4.69, 9.17) is 0 Å². The average molecular weight is 261 g/mol. The second-order valence-electron chi connectivity index (χ2n) is 4.26. The van der Waals surface area contributed by atoms with Gasteiger partial charge in [-0.3, -0.25) is 0 Å². The molecule has 0 aliphatic heterocycles. The van der Waals surface area contributed by atoms with Gasteiger partial charge in [0.15, 0.2) is 5.82 Å². The number of hydrogen-bond acceptors (Lipinski definition) is 4. The van der Waals surface area contributed by atoms with E-state index in [0.29, 0.717) is 0 Å². The molecule has 0 spiro atoms. The third-order valence-corrected chi connectivity index (χ3v) is 3.87. The van der Waals surface area contributed by atoms with Crippen LogP contribution in [-0.4, -0.2) is 16.5 Å². The fraction of sp³-hybridized carbons (Fsp3) is 0.429. The van der Waals surface area contributed by atoms with Gasteiger partial charge in [0.25, 0.3) is 0 Å². The molecule has 0 saturated heterocycles. The standard InChI is InChI=1S/C14H19N3S/c1-4-8-15-13-9-10(3)16-14(17-13)12-7-6-11(5-2)18-12/h6-7,9H,4-5,8H2,1-3H3,(H,15,16,17). The first kappa shape index (κ1) is 13.0. The van der Waals surface area contributed by atoms with Gasteiger partial charge in [0.1, 0.15) is 5.82 Å². The van der Waals surface area contributed by atoms with Crippen LogP contribution in [0.4, 0.5) is 5.82 Å². The molecule has 4 heteroatoms. The first-order valence-corrected chi connectivity index (χ1v) is 7.23. The minimum atomic E-state index is 0.832. The van der Waals surface area contributed by atoms with E-state index < -0.39 is 0 Å². The predicted molar refractivity (Wildman–Crippen MR) is 78.2 cm³/mol. The topological polar surface area (TPSA) is 37.8 Å². The van der Waals surface area contributed by atoms with Gasteiger partial charge in [-0.1, -0.05) is 13.8 Å². The Kier molecular flexibility index (Phi) is 4.31. The van der Waals surface area contributed by atoms with Gasteiger partial charge in [-0.25, -0.2) is 9.97 Å². The number of aromatic nitrogens is 2.